The highest BCUT2D eigenvalue weighted by molar-refractivity contribution is 6.30. The van der Waals surface area contributed by atoms with Gasteiger partial charge in [0.05, 0.1) is 5.56 Å². The Morgan fingerprint density at radius 2 is 2.07 bits per heavy atom. The van der Waals surface area contributed by atoms with Crippen LogP contribution in [0.4, 0.5) is 0 Å². The van der Waals surface area contributed by atoms with Crippen LogP contribution in [0.2, 0.25) is 5.02 Å². The summed E-state index contributed by atoms with van der Waals surface area (Å²) in [6.45, 7) is 6.12. The van der Waals surface area contributed by atoms with E-state index >= 15 is 0 Å². The fraction of sp³-hybridized carbons (Fsp3) is 0.333. The SMILES string of the molecule is Cc1cc(C(=O)N2CCNCC2c2nccn2C)c(C)n1-c1cccc(Cl)c1.Cl. The van der Waals surface area contributed by atoms with Gasteiger partial charge < -0.3 is 19.4 Å². The number of halogens is 2. The molecule has 1 aliphatic heterocycles. The molecule has 2 aromatic heterocycles. The maximum Gasteiger partial charge on any atom is 0.256 e. The van der Waals surface area contributed by atoms with Gasteiger partial charge in [-0.15, -0.1) is 12.4 Å². The number of carbonyl (C=O) groups excluding carboxylic acids is 1. The first-order valence-electron chi connectivity index (χ1n) is 9.41. The molecule has 0 spiro atoms. The van der Waals surface area contributed by atoms with E-state index in [4.69, 9.17) is 11.6 Å². The van der Waals surface area contributed by atoms with Crippen LogP contribution < -0.4 is 5.32 Å². The topological polar surface area (TPSA) is 55.1 Å². The van der Waals surface area contributed by atoms with Gasteiger partial charge >= 0.3 is 0 Å². The molecule has 154 valence electrons. The number of piperazine rings is 1. The molecule has 29 heavy (non-hydrogen) atoms. The van der Waals surface area contributed by atoms with Crippen molar-refractivity contribution in [2.75, 3.05) is 19.6 Å². The van der Waals surface area contributed by atoms with E-state index in [1.807, 2.05) is 66.9 Å². The van der Waals surface area contributed by atoms with E-state index in [1.54, 1.807) is 6.20 Å². The van der Waals surface area contributed by atoms with Crippen LogP contribution in [0.1, 0.15) is 33.6 Å². The summed E-state index contributed by atoms with van der Waals surface area (Å²) in [5, 5.41) is 4.06. The minimum Gasteiger partial charge on any atom is -0.336 e. The summed E-state index contributed by atoms with van der Waals surface area (Å²) < 4.78 is 4.06. The lowest BCUT2D eigenvalue weighted by atomic mass is 10.1. The molecule has 3 heterocycles. The molecule has 0 bridgehead atoms. The maximum absolute atomic E-state index is 13.5. The molecule has 1 aromatic carbocycles. The van der Waals surface area contributed by atoms with Gasteiger partial charge in [0.1, 0.15) is 11.9 Å². The quantitative estimate of drug-likeness (QED) is 0.684. The lowest BCUT2D eigenvalue weighted by molar-refractivity contribution is 0.0620. The van der Waals surface area contributed by atoms with Crippen molar-refractivity contribution >= 4 is 29.9 Å². The zero-order valence-electron chi connectivity index (χ0n) is 16.7. The second-order valence-corrected chi connectivity index (χ2v) is 7.65. The number of benzene rings is 1. The van der Waals surface area contributed by atoms with E-state index in [0.717, 1.165) is 35.0 Å². The summed E-state index contributed by atoms with van der Waals surface area (Å²) in [7, 11) is 1.96. The smallest absolute Gasteiger partial charge is 0.256 e. The molecular weight excluding hydrogens is 409 g/mol. The molecule has 0 aliphatic carbocycles. The van der Waals surface area contributed by atoms with E-state index in [2.05, 4.69) is 14.9 Å². The molecule has 1 saturated heterocycles. The highest BCUT2D eigenvalue weighted by Gasteiger charge is 2.32. The Morgan fingerprint density at radius 1 is 1.28 bits per heavy atom. The van der Waals surface area contributed by atoms with Crippen molar-refractivity contribution in [1.29, 1.82) is 0 Å². The number of nitrogens with one attached hydrogen (secondary N) is 1. The number of amides is 1. The zero-order chi connectivity index (χ0) is 19.8. The first kappa shape index (κ1) is 21.4. The number of aromatic nitrogens is 3. The highest BCUT2D eigenvalue weighted by Crippen LogP contribution is 2.27. The van der Waals surface area contributed by atoms with Crippen molar-refractivity contribution in [3.05, 3.63) is 70.5 Å². The number of nitrogens with zero attached hydrogens (tertiary/aromatic N) is 4. The Labute approximate surface area is 181 Å². The van der Waals surface area contributed by atoms with Crippen LogP contribution in [0.25, 0.3) is 5.69 Å². The van der Waals surface area contributed by atoms with Gasteiger partial charge in [0.25, 0.3) is 5.91 Å². The third-order valence-electron chi connectivity index (χ3n) is 5.39. The van der Waals surface area contributed by atoms with Crippen molar-refractivity contribution in [3.63, 3.8) is 0 Å². The Hall–Kier alpha value is -2.28. The second-order valence-electron chi connectivity index (χ2n) is 7.21. The number of aryl methyl sites for hydroxylation is 2. The summed E-state index contributed by atoms with van der Waals surface area (Å²) in [6, 6.07) is 9.57. The highest BCUT2D eigenvalue weighted by atomic mass is 35.5. The summed E-state index contributed by atoms with van der Waals surface area (Å²) in [4.78, 5) is 19.9. The Bertz CT molecular complexity index is 1030. The van der Waals surface area contributed by atoms with Crippen LogP contribution in [0.5, 0.6) is 0 Å². The van der Waals surface area contributed by atoms with E-state index in [-0.39, 0.29) is 24.4 Å². The van der Waals surface area contributed by atoms with Crippen molar-refractivity contribution in [2.24, 2.45) is 7.05 Å². The van der Waals surface area contributed by atoms with E-state index in [0.29, 0.717) is 18.1 Å². The molecule has 6 nitrogen and oxygen atoms in total. The summed E-state index contributed by atoms with van der Waals surface area (Å²) >= 11 is 6.18. The Morgan fingerprint density at radius 3 is 2.76 bits per heavy atom. The van der Waals surface area contributed by atoms with Crippen molar-refractivity contribution in [2.45, 2.75) is 19.9 Å². The van der Waals surface area contributed by atoms with Crippen LogP contribution >= 0.6 is 24.0 Å². The van der Waals surface area contributed by atoms with Gasteiger partial charge in [-0.1, -0.05) is 17.7 Å². The van der Waals surface area contributed by atoms with Gasteiger partial charge in [-0.2, -0.15) is 0 Å². The maximum atomic E-state index is 13.5. The van der Waals surface area contributed by atoms with Gasteiger partial charge in [-0.05, 0) is 38.1 Å². The molecule has 8 heteroatoms. The Kier molecular flexibility index (Phi) is 6.36. The number of hydrogen-bond donors (Lipinski definition) is 1. The first-order valence-corrected chi connectivity index (χ1v) is 9.79. The number of hydrogen-bond acceptors (Lipinski definition) is 3. The lowest BCUT2D eigenvalue weighted by Crippen LogP contribution is -2.49. The second kappa shape index (κ2) is 8.61. The summed E-state index contributed by atoms with van der Waals surface area (Å²) in [5.74, 6) is 0.931. The van der Waals surface area contributed by atoms with E-state index in [1.165, 1.54) is 0 Å². The van der Waals surface area contributed by atoms with Crippen LogP contribution in [0.15, 0.2) is 42.7 Å². The summed E-state index contributed by atoms with van der Waals surface area (Å²) in [5.41, 5.74) is 3.61. The average molecular weight is 434 g/mol. The molecule has 0 saturated carbocycles. The van der Waals surface area contributed by atoms with Gasteiger partial charge in [0.2, 0.25) is 0 Å². The number of imidazole rings is 1. The molecule has 1 atom stereocenters. The molecule has 1 fully saturated rings. The predicted molar refractivity (Wildman–Crippen MR) is 117 cm³/mol. The monoisotopic (exact) mass is 433 g/mol. The first-order chi connectivity index (χ1) is 13.5. The molecule has 1 aliphatic rings. The molecular formula is C21H25Cl2N5O. The zero-order valence-corrected chi connectivity index (χ0v) is 18.3. The fourth-order valence-electron chi connectivity index (χ4n) is 4.02. The molecule has 0 radical (unpaired) electrons. The van der Waals surface area contributed by atoms with Gasteiger partial charge in [0, 0.05) is 61.2 Å². The van der Waals surface area contributed by atoms with Gasteiger partial charge in [-0.3, -0.25) is 4.79 Å². The minimum absolute atomic E-state index is 0. The Balaban J connectivity index is 0.00000240. The van der Waals surface area contributed by atoms with Crippen LogP contribution in [-0.2, 0) is 7.05 Å². The normalized spacial score (nSPS) is 16.6. The molecule has 4 rings (SSSR count). The van der Waals surface area contributed by atoms with Crippen LogP contribution in [0.3, 0.4) is 0 Å². The molecule has 1 unspecified atom stereocenters. The van der Waals surface area contributed by atoms with Crippen molar-refractivity contribution < 1.29 is 4.79 Å². The third-order valence-corrected chi connectivity index (χ3v) is 5.62. The average Bonchev–Trinajstić information content (AvgIpc) is 3.23. The largest absolute Gasteiger partial charge is 0.336 e. The van der Waals surface area contributed by atoms with Crippen LogP contribution in [0, 0.1) is 13.8 Å². The molecule has 1 amide bonds. The number of carbonyl (C=O) groups is 1. The predicted octanol–water partition coefficient (Wildman–Crippen LogP) is 3.69. The summed E-state index contributed by atoms with van der Waals surface area (Å²) in [6.07, 6.45) is 3.69. The van der Waals surface area contributed by atoms with Crippen molar-refractivity contribution in [3.8, 4) is 5.69 Å². The third kappa shape index (κ3) is 3.92. The standard InChI is InChI=1S/C21H24ClN5O.ClH/c1-14-11-18(15(2)27(14)17-6-4-5-16(22)12-17)21(28)26-10-7-23-13-19(26)20-24-8-9-25(20)3;/h4-6,8-9,11-12,19,23H,7,10,13H2,1-3H3;1H. The van der Waals surface area contributed by atoms with E-state index in [9.17, 15) is 4.79 Å². The van der Waals surface area contributed by atoms with Crippen LogP contribution in [-0.4, -0.2) is 44.6 Å². The van der Waals surface area contributed by atoms with Crippen molar-refractivity contribution in [1.82, 2.24) is 24.3 Å². The number of rotatable bonds is 3. The minimum atomic E-state index is -0.0875. The van der Waals surface area contributed by atoms with Gasteiger partial charge in [0.15, 0.2) is 0 Å². The molecule has 1 N–H and O–H groups in total. The van der Waals surface area contributed by atoms with E-state index < -0.39 is 0 Å². The van der Waals surface area contributed by atoms with Gasteiger partial charge in [-0.25, -0.2) is 4.98 Å². The fourth-order valence-corrected chi connectivity index (χ4v) is 4.21. The molecule has 3 aromatic rings. The lowest BCUT2D eigenvalue weighted by Gasteiger charge is -2.35.